The van der Waals surface area contributed by atoms with Gasteiger partial charge in [-0.05, 0) is 48.4 Å². The largest absolute Gasteiger partial charge is 0.653 e. The molecule has 6 atom stereocenters. The second-order valence-corrected chi connectivity index (χ2v) is 11.5. The zero-order valence-electron chi connectivity index (χ0n) is 25.3. The second kappa shape index (κ2) is 14.6. The first-order valence-corrected chi connectivity index (χ1v) is 15.2. The standard InChI is InChI=1S/C28H31FN7O9P/c1-5-22(37)43-23-24(29)28(33-34-31,44-25(23)35-14-13-21(30)32-27(35)39)15-41-46(40)36(17(4)26(38)42-16(2)3)45-20-12-8-10-18-9-6-7-11-19(18)20/h6-14,16-17,23-25H,5,15H2,1-4H3,(H-,30,32,39)/p+1/t17?,23-,24+,25-,28-/m1/s1. The molecule has 2 aromatic carbocycles. The van der Waals surface area contributed by atoms with Crippen molar-refractivity contribution in [2.24, 2.45) is 5.11 Å². The lowest BCUT2D eigenvalue weighted by Crippen LogP contribution is -2.44. The molecule has 1 aliphatic rings. The topological polar surface area (TPSA) is 210 Å². The highest BCUT2D eigenvalue weighted by atomic mass is 31.1. The van der Waals surface area contributed by atoms with Gasteiger partial charge in [0, 0.05) is 22.9 Å². The summed E-state index contributed by atoms with van der Waals surface area (Å²) in [7, 11) is -3.19. The number of hydrogen-bond acceptors (Lipinski definition) is 12. The fraction of sp³-hybridized carbons (Fsp3) is 0.429. The van der Waals surface area contributed by atoms with E-state index in [9.17, 15) is 24.5 Å². The molecule has 0 amide bonds. The highest BCUT2D eigenvalue weighted by Gasteiger charge is 2.61. The molecule has 244 valence electrons. The Morgan fingerprint density at radius 3 is 2.63 bits per heavy atom. The van der Waals surface area contributed by atoms with Gasteiger partial charge in [0.25, 0.3) is 0 Å². The molecule has 3 aromatic rings. The summed E-state index contributed by atoms with van der Waals surface area (Å²) >= 11 is 0. The third kappa shape index (κ3) is 7.41. The molecule has 0 spiro atoms. The van der Waals surface area contributed by atoms with Crippen LogP contribution in [0.25, 0.3) is 21.2 Å². The molecule has 4 rings (SSSR count). The van der Waals surface area contributed by atoms with Crippen molar-refractivity contribution in [2.75, 3.05) is 12.3 Å². The minimum atomic E-state index is -3.19. The maximum atomic E-state index is 16.2. The van der Waals surface area contributed by atoms with Crippen molar-refractivity contribution in [1.82, 2.24) is 14.4 Å². The number of nitrogens with zero attached hydrogens (tertiary/aromatic N) is 6. The highest BCUT2D eigenvalue weighted by Crippen LogP contribution is 2.45. The van der Waals surface area contributed by atoms with Gasteiger partial charge in [0.2, 0.25) is 5.72 Å². The van der Waals surface area contributed by atoms with E-state index in [1.54, 1.807) is 38.1 Å². The minimum absolute atomic E-state index is 0.142. The van der Waals surface area contributed by atoms with Crippen LogP contribution in [0.2, 0.25) is 0 Å². The van der Waals surface area contributed by atoms with Gasteiger partial charge in [-0.15, -0.1) is 4.52 Å². The summed E-state index contributed by atoms with van der Waals surface area (Å²) in [6.07, 6.45) is -5.51. The van der Waals surface area contributed by atoms with Gasteiger partial charge in [-0.3, -0.25) is 14.2 Å². The Morgan fingerprint density at radius 1 is 1.24 bits per heavy atom. The molecule has 0 aliphatic carbocycles. The van der Waals surface area contributed by atoms with E-state index in [0.717, 1.165) is 21.0 Å². The fourth-order valence-corrected chi connectivity index (χ4v) is 5.42. The molecule has 46 heavy (non-hydrogen) atoms. The molecule has 0 radical (unpaired) electrons. The van der Waals surface area contributed by atoms with E-state index in [-0.39, 0.29) is 18.0 Å². The third-order valence-corrected chi connectivity index (χ3v) is 7.83. The number of nitrogen functional groups attached to an aromatic ring is 1. The Balaban J connectivity index is 1.68. The van der Waals surface area contributed by atoms with Crippen molar-refractivity contribution in [3.8, 4) is 5.75 Å². The van der Waals surface area contributed by atoms with Crippen molar-refractivity contribution in [3.63, 3.8) is 0 Å². The van der Waals surface area contributed by atoms with Gasteiger partial charge in [-0.25, -0.2) is 9.18 Å². The SMILES string of the molecule is CCC(=O)O[C@H]1[C@H](n2ccc(N)nc2=O)O[C@@](CO[P+](=O)N(Oc2cccc3ccccc23)C(C)C(=O)OC(C)C)(N=[N+]=[N-])[C@H]1F. The Hall–Kier alpha value is -4.66. The zero-order valence-corrected chi connectivity index (χ0v) is 26.2. The lowest BCUT2D eigenvalue weighted by molar-refractivity contribution is -0.160. The average Bonchev–Trinajstić information content (AvgIpc) is 3.28. The first-order valence-electron chi connectivity index (χ1n) is 14.1. The summed E-state index contributed by atoms with van der Waals surface area (Å²) in [4.78, 5) is 50.6. The number of hydrogen-bond donors (Lipinski definition) is 1. The van der Waals surface area contributed by atoms with Crippen molar-refractivity contribution in [2.45, 2.75) is 70.5 Å². The maximum absolute atomic E-state index is 16.2. The molecule has 2 heterocycles. The Bertz CT molecular complexity index is 1710. The maximum Gasteiger partial charge on any atom is 0.653 e. The lowest BCUT2D eigenvalue weighted by atomic mass is 10.1. The van der Waals surface area contributed by atoms with Crippen LogP contribution in [-0.4, -0.2) is 63.1 Å². The number of azide groups is 1. The number of nitrogens with two attached hydrogens (primary N) is 1. The Labute approximate surface area is 262 Å². The number of esters is 2. The molecule has 0 saturated carbocycles. The number of aromatic nitrogens is 2. The summed E-state index contributed by atoms with van der Waals surface area (Å²) in [5, 5.41) is 4.84. The summed E-state index contributed by atoms with van der Waals surface area (Å²) in [5.74, 6) is -1.60. The minimum Gasteiger partial charge on any atom is -0.462 e. The molecule has 1 saturated heterocycles. The molecule has 0 bridgehead atoms. The number of carbonyl (C=O) groups is 2. The van der Waals surface area contributed by atoms with Crippen LogP contribution in [-0.2, 0) is 32.9 Å². The highest BCUT2D eigenvalue weighted by molar-refractivity contribution is 7.36. The quantitative estimate of drug-likeness (QED) is 0.0671. The van der Waals surface area contributed by atoms with E-state index in [4.69, 9.17) is 29.3 Å². The molecular weight excluding hydrogens is 628 g/mol. The van der Waals surface area contributed by atoms with Gasteiger partial charge in [0.15, 0.2) is 30.3 Å². The molecular formula is C28H32FN7O9P+. The second-order valence-electron chi connectivity index (χ2n) is 10.3. The number of hydroxylamine groups is 1. The van der Waals surface area contributed by atoms with Crippen molar-refractivity contribution in [3.05, 3.63) is 75.7 Å². The fourth-order valence-electron chi connectivity index (χ4n) is 4.48. The average molecular weight is 661 g/mol. The molecule has 2 unspecified atom stereocenters. The number of fused-ring (bicyclic) bond motifs is 1. The number of halogens is 1. The molecule has 1 aliphatic heterocycles. The van der Waals surface area contributed by atoms with E-state index in [2.05, 4.69) is 15.0 Å². The Kier molecular flexibility index (Phi) is 10.9. The first-order chi connectivity index (χ1) is 21.9. The van der Waals surface area contributed by atoms with Crippen LogP contribution in [0, 0.1) is 0 Å². The summed E-state index contributed by atoms with van der Waals surface area (Å²) in [6, 6.07) is 12.1. The predicted octanol–water partition coefficient (Wildman–Crippen LogP) is 4.48. The first kappa shape index (κ1) is 34.2. The normalized spacial score (nSPS) is 21.9. The van der Waals surface area contributed by atoms with Gasteiger partial charge in [-0.1, -0.05) is 48.4 Å². The molecule has 18 heteroatoms. The third-order valence-electron chi connectivity index (χ3n) is 6.73. The molecule has 16 nitrogen and oxygen atoms in total. The molecule has 1 fully saturated rings. The monoisotopic (exact) mass is 660 g/mol. The number of carbonyl (C=O) groups excluding carboxylic acids is 2. The van der Waals surface area contributed by atoms with Gasteiger partial charge in [0.05, 0.1) is 6.10 Å². The van der Waals surface area contributed by atoms with E-state index >= 15 is 4.39 Å². The van der Waals surface area contributed by atoms with E-state index in [1.165, 1.54) is 19.9 Å². The van der Waals surface area contributed by atoms with Crippen LogP contribution in [0.15, 0.2) is 64.6 Å². The van der Waals surface area contributed by atoms with E-state index in [0.29, 0.717) is 5.39 Å². The summed E-state index contributed by atoms with van der Waals surface area (Å²) in [6.45, 7) is 5.03. The van der Waals surface area contributed by atoms with E-state index in [1.807, 2.05) is 18.2 Å². The summed E-state index contributed by atoms with van der Waals surface area (Å²) in [5.41, 5.74) is 11.3. The van der Waals surface area contributed by atoms with Gasteiger partial charge < -0.3 is 24.8 Å². The molecule has 2 N–H and O–H groups in total. The number of ether oxygens (including phenoxy) is 3. The molecule has 1 aromatic heterocycles. The van der Waals surface area contributed by atoms with Crippen molar-refractivity contribution in [1.29, 1.82) is 0 Å². The number of alkyl halides is 1. The van der Waals surface area contributed by atoms with Crippen molar-refractivity contribution >= 4 is 36.7 Å². The zero-order chi connectivity index (χ0) is 33.6. The van der Waals surface area contributed by atoms with Crippen LogP contribution < -0.4 is 16.3 Å². The summed E-state index contributed by atoms with van der Waals surface area (Å²) < 4.78 is 52.5. The number of rotatable bonds is 13. The van der Waals surface area contributed by atoms with Crippen molar-refractivity contribution < 1.29 is 42.1 Å². The van der Waals surface area contributed by atoms with Gasteiger partial charge in [-0.2, -0.15) is 4.98 Å². The van der Waals surface area contributed by atoms with E-state index < -0.39 is 68.8 Å². The van der Waals surface area contributed by atoms with Gasteiger partial charge in [0.1, 0.15) is 17.3 Å². The van der Waals surface area contributed by atoms with Crippen LogP contribution in [0.4, 0.5) is 10.2 Å². The van der Waals surface area contributed by atoms with Crippen LogP contribution in [0.5, 0.6) is 5.75 Å². The van der Waals surface area contributed by atoms with Crippen LogP contribution in [0.3, 0.4) is 0 Å². The van der Waals surface area contributed by atoms with Crippen LogP contribution >= 0.6 is 8.18 Å². The number of anilines is 1. The van der Waals surface area contributed by atoms with Gasteiger partial charge >= 0.3 is 25.8 Å². The predicted molar refractivity (Wildman–Crippen MR) is 161 cm³/mol. The smallest absolute Gasteiger partial charge is 0.462 e. The van der Waals surface area contributed by atoms with Crippen LogP contribution in [0.1, 0.15) is 40.3 Å². The lowest BCUT2D eigenvalue weighted by Gasteiger charge is -2.23. The number of benzene rings is 2. The Morgan fingerprint density at radius 2 is 1.96 bits per heavy atom.